The summed E-state index contributed by atoms with van der Waals surface area (Å²) >= 11 is 0. The lowest BCUT2D eigenvalue weighted by Gasteiger charge is -2.46. The summed E-state index contributed by atoms with van der Waals surface area (Å²) in [6.45, 7) is 7.33. The fraction of sp³-hybridized carbons (Fsp3) is 0.659. The molecule has 3 N–H and O–H groups in total. The highest BCUT2D eigenvalue weighted by atomic mass is 32.2. The average molecular weight is 919 g/mol. The van der Waals surface area contributed by atoms with Crippen molar-refractivity contribution in [2.24, 2.45) is 5.92 Å². The monoisotopic (exact) mass is 918 g/mol. The van der Waals surface area contributed by atoms with E-state index in [0.717, 1.165) is 4.90 Å². The van der Waals surface area contributed by atoms with Crippen LogP contribution < -0.4 is 19.5 Å². The van der Waals surface area contributed by atoms with E-state index in [2.05, 4.69) is 15.0 Å². The van der Waals surface area contributed by atoms with Gasteiger partial charge in [-0.15, -0.1) is 0 Å². The number of allylic oxidation sites excluding steroid dienone is 1. The zero-order valence-electron chi connectivity index (χ0n) is 36.8. The molecular weight excluding hydrogens is 862 g/mol. The normalized spacial score (nSPS) is 29.9. The van der Waals surface area contributed by atoms with Crippen molar-refractivity contribution in [2.75, 3.05) is 40.0 Å². The maximum absolute atomic E-state index is 15.3. The number of methoxy groups -OCH3 is 1. The lowest BCUT2D eigenvalue weighted by atomic mass is 9.82. The number of aromatic nitrogens is 1. The van der Waals surface area contributed by atoms with E-state index in [9.17, 15) is 23.1 Å². The molecule has 20 heteroatoms. The van der Waals surface area contributed by atoms with Crippen molar-refractivity contribution in [1.29, 1.82) is 0 Å². The number of sulfonamides is 1. The number of rotatable bonds is 6. The molecule has 4 aliphatic heterocycles. The molecule has 0 radical (unpaired) electrons. The van der Waals surface area contributed by atoms with Gasteiger partial charge in [-0.3, -0.25) is 28.9 Å². The molecule has 16 nitrogen and oxygen atoms in total. The molecule has 1 spiro atoms. The quantitative estimate of drug-likeness (QED) is 0.317. The van der Waals surface area contributed by atoms with Crippen LogP contribution in [0.4, 0.5) is 18.0 Å². The number of pyridine rings is 1. The minimum atomic E-state index is -5.01. The Labute approximate surface area is 370 Å². The van der Waals surface area contributed by atoms with Crippen molar-refractivity contribution in [3.05, 3.63) is 41.6 Å². The second-order valence-corrected chi connectivity index (χ2v) is 21.7. The van der Waals surface area contributed by atoms with Crippen molar-refractivity contribution >= 4 is 44.7 Å². The van der Waals surface area contributed by atoms with E-state index >= 15 is 22.8 Å². The lowest BCUT2D eigenvalue weighted by Crippen LogP contribution is -2.61. The first-order valence-corrected chi connectivity index (χ1v) is 23.5. The fourth-order valence-corrected chi connectivity index (χ4v) is 11.4. The Morgan fingerprint density at radius 3 is 2.39 bits per heavy atom. The van der Waals surface area contributed by atoms with Gasteiger partial charge in [-0.2, -0.15) is 13.2 Å². The Bertz CT molecular complexity index is 2360. The van der Waals surface area contributed by atoms with E-state index in [1.807, 2.05) is 11.0 Å². The van der Waals surface area contributed by atoms with Crippen molar-refractivity contribution in [3.8, 4) is 11.5 Å². The van der Waals surface area contributed by atoms with Crippen LogP contribution in [0.3, 0.4) is 0 Å². The van der Waals surface area contributed by atoms with Gasteiger partial charge in [0.25, 0.3) is 5.91 Å². The first kappa shape index (κ1) is 45.9. The number of hydrogen-bond acceptors (Lipinski definition) is 11. The van der Waals surface area contributed by atoms with Crippen LogP contribution in [-0.4, -0.2) is 130 Å². The number of hydrogen-bond donors (Lipinski definition) is 3. The highest BCUT2D eigenvalue weighted by Gasteiger charge is 2.64. The van der Waals surface area contributed by atoms with Crippen molar-refractivity contribution in [3.63, 3.8) is 0 Å². The van der Waals surface area contributed by atoms with Crippen LogP contribution in [0.2, 0.25) is 0 Å². The van der Waals surface area contributed by atoms with E-state index in [-0.39, 0.29) is 36.8 Å². The van der Waals surface area contributed by atoms with Crippen LogP contribution in [0.1, 0.15) is 109 Å². The Morgan fingerprint density at radius 2 is 1.75 bits per heavy atom. The molecule has 2 saturated carbocycles. The minimum absolute atomic E-state index is 0.00157. The molecule has 1 aromatic heterocycles. The van der Waals surface area contributed by atoms with Crippen molar-refractivity contribution in [2.45, 2.75) is 138 Å². The van der Waals surface area contributed by atoms with Crippen LogP contribution in [0.25, 0.3) is 10.9 Å². The lowest BCUT2D eigenvalue weighted by molar-refractivity contribution is -0.146. The van der Waals surface area contributed by atoms with Gasteiger partial charge in [0.15, 0.2) is 11.4 Å². The predicted molar refractivity (Wildman–Crippen MR) is 226 cm³/mol. The molecule has 350 valence electrons. The van der Waals surface area contributed by atoms with Crippen LogP contribution in [0.5, 0.6) is 11.5 Å². The van der Waals surface area contributed by atoms with Gasteiger partial charge in [0, 0.05) is 54.4 Å². The molecule has 4 amide bonds. The number of ether oxygens (including phenoxy) is 3. The topological polar surface area (TPSA) is 197 Å². The van der Waals surface area contributed by atoms with Crippen molar-refractivity contribution in [1.82, 2.24) is 29.7 Å². The maximum Gasteiger partial charge on any atom is 0.437 e. The first-order valence-electron chi connectivity index (χ1n) is 22.0. The largest absolute Gasteiger partial charge is 0.497 e. The SMILES string of the molecule is COc1ccc2nc(C(F)(F)F)c3c(c2c1)[C@@H](N1CCOCC1)C[C@]1(C[C@H]2C(=O)N[C@]4(C(=O)NS(=O)(=O)C5(C)CC5)C[C@H]4C=CCCCCC[C@H](N(C(=O)O)C(C)(C)C)C(=O)N2C1)O3. The van der Waals surface area contributed by atoms with Crippen molar-refractivity contribution < 1.29 is 60.1 Å². The smallest absolute Gasteiger partial charge is 0.437 e. The third kappa shape index (κ3) is 8.37. The predicted octanol–water partition coefficient (Wildman–Crippen LogP) is 5.30. The molecule has 0 unspecified atom stereocenters. The van der Waals surface area contributed by atoms with E-state index in [4.69, 9.17) is 14.2 Å². The molecular formula is C44H57F3N6O10S. The zero-order chi connectivity index (χ0) is 46.2. The number of alkyl halides is 3. The number of nitrogens with zero attached hydrogens (tertiary/aromatic N) is 4. The van der Waals surface area contributed by atoms with Crippen LogP contribution in [0, 0.1) is 5.92 Å². The number of halogens is 3. The zero-order valence-corrected chi connectivity index (χ0v) is 37.6. The number of carbonyl (C=O) groups is 4. The van der Waals surface area contributed by atoms with Gasteiger partial charge in [0.1, 0.15) is 29.0 Å². The molecule has 2 aliphatic carbocycles. The number of morpholine rings is 1. The fourth-order valence-electron chi connectivity index (χ4n) is 10.1. The molecule has 1 aromatic carbocycles. The summed E-state index contributed by atoms with van der Waals surface area (Å²) in [5.41, 5.74) is -5.50. The molecule has 4 fully saturated rings. The van der Waals surface area contributed by atoms with Crippen LogP contribution in [0.15, 0.2) is 30.4 Å². The molecule has 6 atom stereocenters. The van der Waals surface area contributed by atoms with E-state index in [1.54, 1.807) is 32.9 Å². The van der Waals surface area contributed by atoms with E-state index in [1.165, 1.54) is 31.1 Å². The molecule has 6 aliphatic rings. The van der Waals surface area contributed by atoms with Gasteiger partial charge in [-0.05, 0) is 84.4 Å². The number of nitrogens with one attached hydrogen (secondary N) is 2. The third-order valence-electron chi connectivity index (χ3n) is 14.0. The van der Waals surface area contributed by atoms with Gasteiger partial charge in [0.2, 0.25) is 21.8 Å². The number of fused-ring (bicyclic) bond motifs is 5. The van der Waals surface area contributed by atoms with Gasteiger partial charge in [-0.1, -0.05) is 25.0 Å². The third-order valence-corrected chi connectivity index (χ3v) is 16.1. The van der Waals surface area contributed by atoms with E-state index < -0.39 is 103 Å². The van der Waals surface area contributed by atoms with Crippen LogP contribution >= 0.6 is 0 Å². The number of benzene rings is 1. The second kappa shape index (κ2) is 16.3. The molecule has 8 rings (SSSR count). The average Bonchev–Trinajstić information content (AvgIpc) is 4.12. The summed E-state index contributed by atoms with van der Waals surface area (Å²) in [5.74, 6) is -3.30. The highest BCUT2D eigenvalue weighted by Crippen LogP contribution is 2.54. The van der Waals surface area contributed by atoms with Gasteiger partial charge >= 0.3 is 12.3 Å². The summed E-state index contributed by atoms with van der Waals surface area (Å²) in [7, 11) is -2.70. The number of amides is 4. The Balaban J connectivity index is 1.26. The van der Waals surface area contributed by atoms with E-state index in [0.29, 0.717) is 76.0 Å². The van der Waals surface area contributed by atoms with Gasteiger partial charge in [0.05, 0.1) is 37.1 Å². The molecule has 0 bridgehead atoms. The Kier molecular flexibility index (Phi) is 11.7. The first-order chi connectivity index (χ1) is 30.0. The molecule has 2 aromatic rings. The summed E-state index contributed by atoms with van der Waals surface area (Å²) in [6, 6.07) is 1.01. The van der Waals surface area contributed by atoms with Gasteiger partial charge in [-0.25, -0.2) is 18.2 Å². The minimum Gasteiger partial charge on any atom is -0.497 e. The number of carboxylic acid groups (broad SMARTS) is 1. The van der Waals surface area contributed by atoms with Crippen LogP contribution in [-0.2, 0) is 35.3 Å². The summed E-state index contributed by atoms with van der Waals surface area (Å²) in [5, 5.41) is 13.8. The standard InChI is InChI=1S/C44H57F3N6O10S/c1-40(2,3)53(39(57)58)30-12-10-8-6-7-9-11-26-22-43(26,38(56)50-64(59,60)41(4)15-16-41)49-36(54)32-24-42(25-52(32)37(30)55)23-31(51-17-19-62-20-18-51)33-28-21-27(61-5)13-14-29(28)48-35(34(33)63-42)44(45,46)47/h9,11,13-14,21,26,30-32H,6-8,10,12,15-20,22-25H2,1-5H3,(H,49,54)(H,50,56)(H,57,58)/t26-,30+,31+,32+,42-,43-/m1/s1. The Morgan fingerprint density at radius 1 is 1.05 bits per heavy atom. The second-order valence-electron chi connectivity index (χ2n) is 19.5. The molecule has 2 saturated heterocycles. The van der Waals surface area contributed by atoms with Gasteiger partial charge < -0.3 is 29.5 Å². The summed E-state index contributed by atoms with van der Waals surface area (Å²) in [4.78, 5) is 65.9. The Hall–Kier alpha value is -4.69. The highest BCUT2D eigenvalue weighted by molar-refractivity contribution is 7.91. The maximum atomic E-state index is 15.3. The summed E-state index contributed by atoms with van der Waals surface area (Å²) < 4.78 is 91.5. The molecule has 64 heavy (non-hydrogen) atoms. The summed E-state index contributed by atoms with van der Waals surface area (Å²) in [6.07, 6.45) is 0.0526. The number of carbonyl (C=O) groups excluding carboxylic acids is 3. The molecule has 5 heterocycles.